The van der Waals surface area contributed by atoms with E-state index in [0.29, 0.717) is 21.6 Å². The normalized spacial score (nSPS) is 17.4. The molecule has 0 spiro atoms. The Morgan fingerprint density at radius 3 is 2.67 bits per heavy atom. The van der Waals surface area contributed by atoms with Crippen molar-refractivity contribution < 1.29 is 4.74 Å². The maximum absolute atomic E-state index is 6.17. The molecule has 0 bridgehead atoms. The van der Waals surface area contributed by atoms with Gasteiger partial charge in [0.15, 0.2) is 0 Å². The minimum Gasteiger partial charge on any atom is -0.381 e. The second-order valence-electron chi connectivity index (χ2n) is 4.94. The molecule has 0 saturated heterocycles. The van der Waals surface area contributed by atoms with Crippen LogP contribution in [-0.4, -0.2) is 13.2 Å². The molecular weight excluding hydrogens is 329 g/mol. The number of hydrogen-bond acceptors (Lipinski definition) is 2. The van der Waals surface area contributed by atoms with Gasteiger partial charge in [-0.3, -0.25) is 0 Å². The van der Waals surface area contributed by atoms with E-state index in [9.17, 15) is 0 Å². The Morgan fingerprint density at radius 1 is 1.05 bits per heavy atom. The van der Waals surface area contributed by atoms with Crippen LogP contribution in [0.1, 0.15) is 17.2 Å². The molecule has 1 aliphatic heterocycles. The fraction of sp³-hybridized carbons (Fsp3) is 0.250. The fourth-order valence-electron chi connectivity index (χ4n) is 2.51. The second kappa shape index (κ2) is 6.45. The van der Waals surface area contributed by atoms with E-state index in [4.69, 9.17) is 39.5 Å². The van der Waals surface area contributed by atoms with Gasteiger partial charge in [-0.1, -0.05) is 59.1 Å². The van der Waals surface area contributed by atoms with Gasteiger partial charge in [-0.05, 0) is 29.7 Å². The zero-order valence-electron chi connectivity index (χ0n) is 11.2. The number of anilines is 1. The predicted molar refractivity (Wildman–Crippen MR) is 88.8 cm³/mol. The first kappa shape index (κ1) is 15.0. The Bertz CT molecular complexity index is 660. The Balaban J connectivity index is 1.76. The summed E-state index contributed by atoms with van der Waals surface area (Å²) in [5, 5.41) is 4.77. The standard InChI is InChI=1S/C16H14Cl3NO/c17-12-7-14(19)15(8-13(12)18)20-9-16-11-4-2-1-3-10(11)5-6-21-16/h1-4,7-8,16,20H,5-6,9H2. The maximum atomic E-state index is 6.17. The van der Waals surface area contributed by atoms with Gasteiger partial charge < -0.3 is 10.1 Å². The number of fused-ring (bicyclic) bond motifs is 1. The van der Waals surface area contributed by atoms with Crippen molar-refractivity contribution in [1.82, 2.24) is 0 Å². The molecule has 3 rings (SSSR count). The van der Waals surface area contributed by atoms with Crippen molar-refractivity contribution in [3.63, 3.8) is 0 Å². The topological polar surface area (TPSA) is 21.3 Å². The summed E-state index contributed by atoms with van der Waals surface area (Å²) in [6.07, 6.45) is 0.973. The fourth-order valence-corrected chi connectivity index (χ4v) is 3.12. The van der Waals surface area contributed by atoms with Crippen molar-refractivity contribution in [2.75, 3.05) is 18.5 Å². The van der Waals surface area contributed by atoms with E-state index in [2.05, 4.69) is 23.5 Å². The van der Waals surface area contributed by atoms with Crippen LogP contribution in [0.3, 0.4) is 0 Å². The van der Waals surface area contributed by atoms with Crippen molar-refractivity contribution in [3.8, 4) is 0 Å². The van der Waals surface area contributed by atoms with Crippen LogP contribution >= 0.6 is 34.8 Å². The number of hydrogen-bond donors (Lipinski definition) is 1. The third-order valence-corrected chi connectivity index (χ3v) is 4.62. The van der Waals surface area contributed by atoms with Gasteiger partial charge in [0.2, 0.25) is 0 Å². The molecule has 1 aliphatic rings. The average Bonchev–Trinajstić information content (AvgIpc) is 2.49. The van der Waals surface area contributed by atoms with Gasteiger partial charge >= 0.3 is 0 Å². The van der Waals surface area contributed by atoms with Gasteiger partial charge in [-0.25, -0.2) is 0 Å². The van der Waals surface area contributed by atoms with E-state index >= 15 is 0 Å². The van der Waals surface area contributed by atoms with E-state index in [1.54, 1.807) is 12.1 Å². The third kappa shape index (κ3) is 3.29. The van der Waals surface area contributed by atoms with Gasteiger partial charge in [0, 0.05) is 6.54 Å². The van der Waals surface area contributed by atoms with Crippen molar-refractivity contribution in [1.29, 1.82) is 0 Å². The zero-order valence-corrected chi connectivity index (χ0v) is 13.5. The van der Waals surface area contributed by atoms with Gasteiger partial charge in [0.05, 0.1) is 33.5 Å². The van der Waals surface area contributed by atoms with Crippen LogP contribution in [0.4, 0.5) is 5.69 Å². The van der Waals surface area contributed by atoms with Crippen molar-refractivity contribution >= 4 is 40.5 Å². The first-order chi connectivity index (χ1) is 10.1. The molecule has 1 N–H and O–H groups in total. The smallest absolute Gasteiger partial charge is 0.0999 e. The quantitative estimate of drug-likeness (QED) is 0.757. The lowest BCUT2D eigenvalue weighted by Crippen LogP contribution is -2.22. The minimum atomic E-state index is 0.0143. The van der Waals surface area contributed by atoms with Crippen molar-refractivity contribution in [2.24, 2.45) is 0 Å². The van der Waals surface area contributed by atoms with Crippen LogP contribution in [0.15, 0.2) is 36.4 Å². The van der Waals surface area contributed by atoms with Crippen LogP contribution in [-0.2, 0) is 11.2 Å². The number of nitrogens with one attached hydrogen (secondary N) is 1. The average molecular weight is 343 g/mol. The lowest BCUT2D eigenvalue weighted by atomic mass is 9.97. The van der Waals surface area contributed by atoms with Gasteiger partial charge in [-0.15, -0.1) is 0 Å². The molecule has 1 atom stereocenters. The number of rotatable bonds is 3. The minimum absolute atomic E-state index is 0.0143. The monoisotopic (exact) mass is 341 g/mol. The molecule has 21 heavy (non-hydrogen) atoms. The summed E-state index contributed by atoms with van der Waals surface area (Å²) in [5.41, 5.74) is 3.33. The maximum Gasteiger partial charge on any atom is 0.0999 e. The first-order valence-electron chi connectivity index (χ1n) is 6.73. The van der Waals surface area contributed by atoms with E-state index in [1.807, 2.05) is 6.07 Å². The van der Waals surface area contributed by atoms with Gasteiger partial charge in [0.25, 0.3) is 0 Å². The molecule has 2 aromatic carbocycles. The summed E-state index contributed by atoms with van der Waals surface area (Å²) in [4.78, 5) is 0. The number of halogens is 3. The van der Waals surface area contributed by atoms with E-state index in [-0.39, 0.29) is 6.10 Å². The molecule has 110 valence electrons. The number of ether oxygens (including phenoxy) is 1. The van der Waals surface area contributed by atoms with E-state index < -0.39 is 0 Å². The van der Waals surface area contributed by atoms with Crippen LogP contribution in [0.5, 0.6) is 0 Å². The Labute approximate surface area is 139 Å². The van der Waals surface area contributed by atoms with E-state index in [1.165, 1.54) is 11.1 Å². The van der Waals surface area contributed by atoms with Crippen molar-refractivity contribution in [3.05, 3.63) is 62.6 Å². The third-order valence-electron chi connectivity index (χ3n) is 3.58. The lowest BCUT2D eigenvalue weighted by molar-refractivity contribution is 0.0513. The van der Waals surface area contributed by atoms with Crippen LogP contribution in [0, 0.1) is 0 Å². The molecule has 5 heteroatoms. The highest BCUT2D eigenvalue weighted by molar-refractivity contribution is 6.44. The molecule has 0 aliphatic carbocycles. The van der Waals surface area contributed by atoms with Gasteiger partial charge in [0.1, 0.15) is 0 Å². The zero-order chi connectivity index (χ0) is 14.8. The molecule has 0 fully saturated rings. The molecule has 0 saturated carbocycles. The number of benzene rings is 2. The van der Waals surface area contributed by atoms with Gasteiger partial charge in [-0.2, -0.15) is 0 Å². The summed E-state index contributed by atoms with van der Waals surface area (Å²) in [6, 6.07) is 11.7. The molecular formula is C16H14Cl3NO. The van der Waals surface area contributed by atoms with Crippen molar-refractivity contribution in [2.45, 2.75) is 12.5 Å². The Morgan fingerprint density at radius 2 is 1.81 bits per heavy atom. The predicted octanol–water partition coefficient (Wildman–Crippen LogP) is 5.37. The van der Waals surface area contributed by atoms with Crippen LogP contribution < -0.4 is 5.32 Å². The SMILES string of the molecule is Clc1cc(Cl)c(NCC2OCCc3ccccc32)cc1Cl. The summed E-state index contributed by atoms with van der Waals surface area (Å²) < 4.78 is 5.86. The highest BCUT2D eigenvalue weighted by atomic mass is 35.5. The van der Waals surface area contributed by atoms with Crippen LogP contribution in [0.25, 0.3) is 0 Å². The molecule has 2 nitrogen and oxygen atoms in total. The summed E-state index contributed by atoms with van der Waals surface area (Å²) in [6.45, 7) is 1.37. The lowest BCUT2D eigenvalue weighted by Gasteiger charge is -2.26. The first-order valence-corrected chi connectivity index (χ1v) is 7.86. The molecule has 2 aromatic rings. The molecule has 0 amide bonds. The Hall–Kier alpha value is -0.930. The van der Waals surface area contributed by atoms with E-state index in [0.717, 1.165) is 18.7 Å². The summed E-state index contributed by atoms with van der Waals surface area (Å²) in [5.74, 6) is 0. The second-order valence-corrected chi connectivity index (χ2v) is 6.16. The van der Waals surface area contributed by atoms with Crippen LogP contribution in [0.2, 0.25) is 15.1 Å². The molecule has 0 aromatic heterocycles. The molecule has 0 radical (unpaired) electrons. The Kier molecular flexibility index (Phi) is 4.60. The summed E-state index contributed by atoms with van der Waals surface area (Å²) >= 11 is 18.1. The highest BCUT2D eigenvalue weighted by Crippen LogP contribution is 2.33. The molecule has 1 unspecified atom stereocenters. The largest absolute Gasteiger partial charge is 0.381 e. The molecule has 1 heterocycles. The highest BCUT2D eigenvalue weighted by Gasteiger charge is 2.20. The summed E-state index contributed by atoms with van der Waals surface area (Å²) in [7, 11) is 0.